The molecule has 2 nitrogen and oxygen atoms in total. The summed E-state index contributed by atoms with van der Waals surface area (Å²) in [5.74, 6) is 0.660. The maximum atomic E-state index is 6.10. The number of anilines is 1. The summed E-state index contributed by atoms with van der Waals surface area (Å²) in [5, 5.41) is 4.19. The molecule has 1 N–H and O–H groups in total. The number of nitrogens with one attached hydrogen (secondary N) is 1. The van der Waals surface area contributed by atoms with E-state index in [9.17, 15) is 0 Å². The van der Waals surface area contributed by atoms with Gasteiger partial charge in [0.05, 0.1) is 0 Å². The molecule has 0 amide bonds. The smallest absolute Gasteiger partial charge is 0.0412 e. The van der Waals surface area contributed by atoms with Gasteiger partial charge in [0.2, 0.25) is 0 Å². The van der Waals surface area contributed by atoms with Gasteiger partial charge in [-0.1, -0.05) is 32.4 Å². The van der Waals surface area contributed by atoms with Crippen LogP contribution in [-0.2, 0) is 6.54 Å². The maximum absolute atomic E-state index is 6.10. The summed E-state index contributed by atoms with van der Waals surface area (Å²) < 4.78 is 0. The zero-order valence-corrected chi connectivity index (χ0v) is 12.7. The van der Waals surface area contributed by atoms with Crippen molar-refractivity contribution >= 4 is 17.3 Å². The summed E-state index contributed by atoms with van der Waals surface area (Å²) >= 11 is 6.10. The average Bonchev–Trinajstić information content (AvgIpc) is 2.33. The summed E-state index contributed by atoms with van der Waals surface area (Å²) in [6, 6.07) is 6.19. The van der Waals surface area contributed by atoms with Crippen molar-refractivity contribution in [2.75, 3.05) is 24.5 Å². The summed E-state index contributed by atoms with van der Waals surface area (Å²) in [4.78, 5) is 2.42. The Hall–Kier alpha value is -0.730. The molecular formula is C15H25ClN2. The molecular weight excluding hydrogens is 244 g/mol. The molecule has 102 valence electrons. The molecule has 0 aliphatic carbocycles. The topological polar surface area (TPSA) is 15.3 Å². The molecule has 0 aliphatic heterocycles. The van der Waals surface area contributed by atoms with Crippen molar-refractivity contribution in [3.05, 3.63) is 28.8 Å². The number of benzene rings is 1. The Morgan fingerprint density at radius 2 is 2.00 bits per heavy atom. The third-order valence-corrected chi connectivity index (χ3v) is 3.15. The van der Waals surface area contributed by atoms with Crippen molar-refractivity contribution in [1.82, 2.24) is 5.32 Å². The lowest BCUT2D eigenvalue weighted by Crippen LogP contribution is -2.29. The van der Waals surface area contributed by atoms with Crippen LogP contribution in [0.1, 0.15) is 33.3 Å². The van der Waals surface area contributed by atoms with E-state index in [2.05, 4.69) is 50.0 Å². The normalized spacial score (nSPS) is 11.0. The third-order valence-electron chi connectivity index (χ3n) is 2.91. The number of nitrogens with zero attached hydrogens (tertiary/aromatic N) is 1. The van der Waals surface area contributed by atoms with E-state index in [-0.39, 0.29) is 0 Å². The molecule has 0 bridgehead atoms. The van der Waals surface area contributed by atoms with Crippen LogP contribution in [0.15, 0.2) is 18.2 Å². The number of hydrogen-bond donors (Lipinski definition) is 1. The third kappa shape index (κ3) is 4.51. The molecule has 18 heavy (non-hydrogen) atoms. The molecule has 0 heterocycles. The molecule has 1 aromatic carbocycles. The first-order chi connectivity index (χ1) is 8.58. The van der Waals surface area contributed by atoms with Crippen LogP contribution in [0.25, 0.3) is 0 Å². The molecule has 0 aromatic heterocycles. The van der Waals surface area contributed by atoms with Crippen molar-refractivity contribution in [1.29, 1.82) is 0 Å². The lowest BCUT2D eigenvalue weighted by Gasteiger charge is -2.27. The van der Waals surface area contributed by atoms with E-state index in [1.54, 1.807) is 0 Å². The fourth-order valence-corrected chi connectivity index (χ4v) is 2.30. The summed E-state index contributed by atoms with van der Waals surface area (Å²) in [7, 11) is 0. The van der Waals surface area contributed by atoms with Gasteiger partial charge in [0.15, 0.2) is 0 Å². The van der Waals surface area contributed by atoms with Gasteiger partial charge in [-0.25, -0.2) is 0 Å². The van der Waals surface area contributed by atoms with Crippen LogP contribution in [0.3, 0.4) is 0 Å². The molecule has 3 heteroatoms. The fourth-order valence-electron chi connectivity index (χ4n) is 2.10. The van der Waals surface area contributed by atoms with Crippen molar-refractivity contribution in [2.45, 2.75) is 34.2 Å². The van der Waals surface area contributed by atoms with E-state index < -0.39 is 0 Å². The first-order valence-corrected chi connectivity index (χ1v) is 7.20. The minimum absolute atomic E-state index is 0.660. The molecule has 1 aromatic rings. The van der Waals surface area contributed by atoms with Crippen LogP contribution in [-0.4, -0.2) is 19.6 Å². The Morgan fingerprint density at radius 3 is 2.56 bits per heavy atom. The van der Waals surface area contributed by atoms with Crippen LogP contribution in [0.4, 0.5) is 5.69 Å². The largest absolute Gasteiger partial charge is 0.371 e. The monoisotopic (exact) mass is 268 g/mol. The van der Waals surface area contributed by atoms with E-state index in [1.807, 2.05) is 6.07 Å². The first-order valence-electron chi connectivity index (χ1n) is 6.82. The lowest BCUT2D eigenvalue weighted by molar-refractivity contribution is 0.615. The Balaban J connectivity index is 2.96. The summed E-state index contributed by atoms with van der Waals surface area (Å²) in [6.45, 7) is 12.8. The molecule has 0 unspecified atom stereocenters. The molecule has 0 atom stereocenters. The minimum atomic E-state index is 0.660. The summed E-state index contributed by atoms with van der Waals surface area (Å²) in [6.07, 6.45) is 0. The highest BCUT2D eigenvalue weighted by molar-refractivity contribution is 6.30. The zero-order valence-electron chi connectivity index (χ0n) is 12.0. The average molecular weight is 269 g/mol. The number of rotatable bonds is 7. The minimum Gasteiger partial charge on any atom is -0.371 e. The maximum Gasteiger partial charge on any atom is 0.0412 e. The zero-order chi connectivity index (χ0) is 13.5. The second kappa shape index (κ2) is 7.65. The van der Waals surface area contributed by atoms with Crippen LogP contribution >= 0.6 is 11.6 Å². The molecule has 1 rings (SSSR count). The standard InChI is InChI=1S/C15H25ClN2/c1-5-17-10-13-9-14(16)7-8-15(13)18(6-2)11-12(3)4/h7-9,12,17H,5-6,10-11H2,1-4H3. The Labute approximate surface area is 116 Å². The number of halogens is 1. The van der Waals surface area contributed by atoms with Crippen molar-refractivity contribution in [3.63, 3.8) is 0 Å². The Morgan fingerprint density at radius 1 is 1.28 bits per heavy atom. The van der Waals surface area contributed by atoms with E-state index >= 15 is 0 Å². The summed E-state index contributed by atoms with van der Waals surface area (Å²) in [5.41, 5.74) is 2.59. The molecule has 0 spiro atoms. The quantitative estimate of drug-likeness (QED) is 0.806. The molecule has 0 aliphatic rings. The van der Waals surface area contributed by atoms with Crippen LogP contribution in [0.5, 0.6) is 0 Å². The van der Waals surface area contributed by atoms with E-state index in [0.717, 1.165) is 31.2 Å². The van der Waals surface area contributed by atoms with Crippen molar-refractivity contribution < 1.29 is 0 Å². The second-order valence-corrected chi connectivity index (χ2v) is 5.42. The number of hydrogen-bond acceptors (Lipinski definition) is 2. The first kappa shape index (κ1) is 15.3. The molecule has 0 saturated carbocycles. The highest BCUT2D eigenvalue weighted by Gasteiger charge is 2.11. The Bertz CT molecular complexity index is 364. The van der Waals surface area contributed by atoms with Crippen molar-refractivity contribution in [3.8, 4) is 0 Å². The highest BCUT2D eigenvalue weighted by Crippen LogP contribution is 2.25. The Kier molecular flexibility index (Phi) is 6.51. The second-order valence-electron chi connectivity index (χ2n) is 4.99. The molecule has 0 radical (unpaired) electrons. The predicted molar refractivity (Wildman–Crippen MR) is 81.6 cm³/mol. The van der Waals surface area contributed by atoms with Gasteiger partial charge in [0.25, 0.3) is 0 Å². The van der Waals surface area contributed by atoms with Gasteiger partial charge in [-0.3, -0.25) is 0 Å². The fraction of sp³-hybridized carbons (Fsp3) is 0.600. The molecule has 0 fully saturated rings. The van der Waals surface area contributed by atoms with Crippen LogP contribution in [0.2, 0.25) is 5.02 Å². The van der Waals surface area contributed by atoms with Gasteiger partial charge >= 0.3 is 0 Å². The molecule has 0 saturated heterocycles. The van der Waals surface area contributed by atoms with Gasteiger partial charge in [-0.15, -0.1) is 0 Å². The lowest BCUT2D eigenvalue weighted by atomic mass is 10.1. The van der Waals surface area contributed by atoms with Gasteiger partial charge in [0.1, 0.15) is 0 Å². The highest BCUT2D eigenvalue weighted by atomic mass is 35.5. The van der Waals surface area contributed by atoms with Gasteiger partial charge in [-0.2, -0.15) is 0 Å². The van der Waals surface area contributed by atoms with Gasteiger partial charge in [-0.05, 0) is 43.1 Å². The van der Waals surface area contributed by atoms with Gasteiger partial charge < -0.3 is 10.2 Å². The van der Waals surface area contributed by atoms with E-state index in [0.29, 0.717) is 5.92 Å². The SMILES string of the molecule is CCNCc1cc(Cl)ccc1N(CC)CC(C)C. The van der Waals surface area contributed by atoms with Crippen molar-refractivity contribution in [2.24, 2.45) is 5.92 Å². The van der Waals surface area contributed by atoms with E-state index in [1.165, 1.54) is 11.3 Å². The van der Waals surface area contributed by atoms with Crippen LogP contribution < -0.4 is 10.2 Å². The van der Waals surface area contributed by atoms with Gasteiger partial charge in [0, 0.05) is 30.3 Å². The van der Waals surface area contributed by atoms with E-state index in [4.69, 9.17) is 11.6 Å². The predicted octanol–water partition coefficient (Wildman–Crippen LogP) is 3.93. The van der Waals surface area contributed by atoms with Crippen LogP contribution in [0, 0.1) is 5.92 Å².